The molecule has 0 saturated heterocycles. The van der Waals surface area contributed by atoms with Crippen LogP contribution in [0.25, 0.3) is 0 Å². The van der Waals surface area contributed by atoms with E-state index in [1.807, 2.05) is 36.4 Å². The van der Waals surface area contributed by atoms with Gasteiger partial charge in [0.1, 0.15) is 6.10 Å². The quantitative estimate of drug-likeness (QED) is 0.881. The Morgan fingerprint density at radius 1 is 1.22 bits per heavy atom. The standard InChI is InChI=1S/C23H25NO3/c1-24-22(27)17-8-10-19-16(11-17)7-9-18-12-20(25)21(26)14-23(18,19)13-15-5-3-2-4-6-15/h2-6,8,10-11,18,20,25H,7,9,12-14H2,1H3,(H,24,27)/t18?,20-,23+/m0/s1. The second-order valence-electron chi connectivity index (χ2n) is 7.90. The van der Waals surface area contributed by atoms with Crippen LogP contribution < -0.4 is 5.32 Å². The molecule has 140 valence electrons. The maximum atomic E-state index is 12.6. The highest BCUT2D eigenvalue weighted by Crippen LogP contribution is 2.51. The molecule has 2 aliphatic carbocycles. The van der Waals surface area contributed by atoms with Crippen LogP contribution >= 0.6 is 0 Å². The molecule has 0 spiro atoms. The summed E-state index contributed by atoms with van der Waals surface area (Å²) >= 11 is 0. The number of benzene rings is 2. The molecule has 1 amide bonds. The number of carbonyl (C=O) groups excluding carboxylic acids is 2. The lowest BCUT2D eigenvalue weighted by molar-refractivity contribution is -0.134. The Bertz CT molecular complexity index is 876. The van der Waals surface area contributed by atoms with E-state index in [1.54, 1.807) is 7.05 Å². The highest BCUT2D eigenvalue weighted by Gasteiger charge is 2.50. The number of aryl methyl sites for hydroxylation is 1. The van der Waals surface area contributed by atoms with Crippen molar-refractivity contribution < 1.29 is 14.7 Å². The van der Waals surface area contributed by atoms with Gasteiger partial charge in [-0.2, -0.15) is 0 Å². The zero-order valence-corrected chi connectivity index (χ0v) is 15.6. The Morgan fingerprint density at radius 3 is 2.74 bits per heavy atom. The minimum atomic E-state index is -0.842. The van der Waals surface area contributed by atoms with Crippen LogP contribution in [-0.2, 0) is 23.1 Å². The molecule has 0 aromatic heterocycles. The maximum absolute atomic E-state index is 12.6. The predicted molar refractivity (Wildman–Crippen MR) is 104 cm³/mol. The van der Waals surface area contributed by atoms with Gasteiger partial charge < -0.3 is 10.4 Å². The van der Waals surface area contributed by atoms with Crippen LogP contribution in [-0.4, -0.2) is 29.9 Å². The molecule has 27 heavy (non-hydrogen) atoms. The number of ketones is 1. The van der Waals surface area contributed by atoms with Crippen molar-refractivity contribution in [3.05, 3.63) is 70.8 Å². The summed E-state index contributed by atoms with van der Waals surface area (Å²) in [5.41, 5.74) is 3.90. The van der Waals surface area contributed by atoms with Gasteiger partial charge >= 0.3 is 0 Å². The molecule has 4 heteroatoms. The van der Waals surface area contributed by atoms with Crippen molar-refractivity contribution in [2.24, 2.45) is 5.92 Å². The first-order valence-corrected chi connectivity index (χ1v) is 9.64. The molecule has 0 aliphatic heterocycles. The fraction of sp³-hybridized carbons (Fsp3) is 0.391. The van der Waals surface area contributed by atoms with Crippen LogP contribution in [0.5, 0.6) is 0 Å². The van der Waals surface area contributed by atoms with Crippen molar-refractivity contribution in [2.75, 3.05) is 7.05 Å². The number of amides is 1. The van der Waals surface area contributed by atoms with E-state index < -0.39 is 6.10 Å². The van der Waals surface area contributed by atoms with Gasteiger partial charge in [0, 0.05) is 24.4 Å². The zero-order valence-electron chi connectivity index (χ0n) is 15.6. The molecule has 0 bridgehead atoms. The lowest BCUT2D eigenvalue weighted by Crippen LogP contribution is -2.50. The van der Waals surface area contributed by atoms with Crippen molar-refractivity contribution in [1.29, 1.82) is 0 Å². The van der Waals surface area contributed by atoms with E-state index in [0.717, 1.165) is 24.8 Å². The molecule has 0 heterocycles. The molecule has 4 rings (SSSR count). The first-order valence-electron chi connectivity index (χ1n) is 9.64. The fourth-order valence-corrected chi connectivity index (χ4v) is 5.07. The van der Waals surface area contributed by atoms with Gasteiger partial charge in [-0.05, 0) is 60.4 Å². The molecule has 2 aliphatic rings. The fourth-order valence-electron chi connectivity index (χ4n) is 5.07. The molecular weight excluding hydrogens is 338 g/mol. The smallest absolute Gasteiger partial charge is 0.251 e. The molecule has 2 aromatic carbocycles. The molecule has 2 N–H and O–H groups in total. The molecule has 1 saturated carbocycles. The Hall–Kier alpha value is -2.46. The second-order valence-corrected chi connectivity index (χ2v) is 7.90. The number of hydrogen-bond donors (Lipinski definition) is 2. The van der Waals surface area contributed by atoms with E-state index in [1.165, 1.54) is 11.1 Å². The summed E-state index contributed by atoms with van der Waals surface area (Å²) in [6.45, 7) is 0. The monoisotopic (exact) mass is 363 g/mol. The van der Waals surface area contributed by atoms with E-state index in [4.69, 9.17) is 0 Å². The molecule has 3 atom stereocenters. The van der Waals surface area contributed by atoms with E-state index in [9.17, 15) is 14.7 Å². The number of aliphatic hydroxyl groups is 1. The Kier molecular flexibility index (Phi) is 4.60. The van der Waals surface area contributed by atoms with Crippen molar-refractivity contribution in [3.63, 3.8) is 0 Å². The van der Waals surface area contributed by atoms with Gasteiger partial charge in [0.25, 0.3) is 5.91 Å². The minimum Gasteiger partial charge on any atom is -0.385 e. The molecule has 2 aromatic rings. The third-order valence-corrected chi connectivity index (χ3v) is 6.41. The molecule has 4 nitrogen and oxygen atoms in total. The van der Waals surface area contributed by atoms with Crippen LogP contribution in [0.2, 0.25) is 0 Å². The van der Waals surface area contributed by atoms with Crippen LogP contribution in [0.15, 0.2) is 48.5 Å². The third-order valence-electron chi connectivity index (χ3n) is 6.41. The lowest BCUT2D eigenvalue weighted by atomic mass is 9.54. The van der Waals surface area contributed by atoms with Crippen LogP contribution in [0.4, 0.5) is 0 Å². The number of carbonyl (C=O) groups is 2. The predicted octanol–water partition coefficient (Wildman–Crippen LogP) is 2.81. The highest BCUT2D eigenvalue weighted by molar-refractivity contribution is 5.94. The van der Waals surface area contributed by atoms with Crippen molar-refractivity contribution in [3.8, 4) is 0 Å². The van der Waals surface area contributed by atoms with Crippen molar-refractivity contribution in [1.82, 2.24) is 5.32 Å². The molecule has 0 radical (unpaired) electrons. The zero-order chi connectivity index (χ0) is 19.0. The van der Waals surface area contributed by atoms with Gasteiger partial charge in [0.15, 0.2) is 5.78 Å². The maximum Gasteiger partial charge on any atom is 0.251 e. The summed E-state index contributed by atoms with van der Waals surface area (Å²) in [5.74, 6) is 0.112. The summed E-state index contributed by atoms with van der Waals surface area (Å²) in [7, 11) is 1.63. The summed E-state index contributed by atoms with van der Waals surface area (Å²) in [4.78, 5) is 24.6. The van der Waals surface area contributed by atoms with Crippen LogP contribution in [0.1, 0.15) is 46.3 Å². The van der Waals surface area contributed by atoms with Gasteiger partial charge in [-0.3, -0.25) is 9.59 Å². The van der Waals surface area contributed by atoms with Gasteiger partial charge in [0.05, 0.1) is 0 Å². The van der Waals surface area contributed by atoms with Gasteiger partial charge in [-0.1, -0.05) is 36.4 Å². The number of Topliss-reactive ketones (excluding diaryl/α,β-unsaturated/α-hetero) is 1. The van der Waals surface area contributed by atoms with E-state index in [2.05, 4.69) is 17.4 Å². The highest BCUT2D eigenvalue weighted by atomic mass is 16.3. The topological polar surface area (TPSA) is 66.4 Å². The van der Waals surface area contributed by atoms with Crippen LogP contribution in [0, 0.1) is 5.92 Å². The van der Waals surface area contributed by atoms with E-state index in [-0.39, 0.29) is 23.0 Å². The Morgan fingerprint density at radius 2 is 2.00 bits per heavy atom. The van der Waals surface area contributed by atoms with Crippen molar-refractivity contribution >= 4 is 11.7 Å². The largest absolute Gasteiger partial charge is 0.385 e. The summed E-state index contributed by atoms with van der Waals surface area (Å²) in [5, 5.41) is 12.9. The van der Waals surface area contributed by atoms with Gasteiger partial charge in [-0.25, -0.2) is 0 Å². The average Bonchev–Trinajstić information content (AvgIpc) is 2.69. The third kappa shape index (κ3) is 3.08. The lowest BCUT2D eigenvalue weighted by Gasteiger charge is -2.49. The summed E-state index contributed by atoms with van der Waals surface area (Å²) in [6.07, 6.45) is 2.64. The van der Waals surface area contributed by atoms with Crippen LogP contribution in [0.3, 0.4) is 0 Å². The molecule has 1 fully saturated rings. The first-order chi connectivity index (χ1) is 13.0. The number of hydrogen-bond acceptors (Lipinski definition) is 3. The Balaban J connectivity index is 1.82. The molecular formula is C23H25NO3. The number of nitrogens with one attached hydrogen (secondary N) is 1. The Labute approximate surface area is 159 Å². The number of aliphatic hydroxyl groups excluding tert-OH is 1. The second kappa shape index (κ2) is 6.93. The average molecular weight is 363 g/mol. The normalized spacial score (nSPS) is 26.8. The summed E-state index contributed by atoms with van der Waals surface area (Å²) < 4.78 is 0. The number of rotatable bonds is 3. The summed E-state index contributed by atoms with van der Waals surface area (Å²) in [6, 6.07) is 16.1. The minimum absolute atomic E-state index is 0.0644. The van der Waals surface area contributed by atoms with Crippen molar-refractivity contribution in [2.45, 2.75) is 43.6 Å². The van der Waals surface area contributed by atoms with E-state index >= 15 is 0 Å². The molecule has 1 unspecified atom stereocenters. The number of fused-ring (bicyclic) bond motifs is 3. The first kappa shape index (κ1) is 17.9. The van der Waals surface area contributed by atoms with Gasteiger partial charge in [-0.15, -0.1) is 0 Å². The van der Waals surface area contributed by atoms with Gasteiger partial charge in [0.2, 0.25) is 0 Å². The SMILES string of the molecule is CNC(=O)c1ccc2c(c1)CCC1C[C@H](O)C(=O)C[C@@]21Cc1ccccc1. The van der Waals surface area contributed by atoms with E-state index in [0.29, 0.717) is 18.4 Å².